The summed E-state index contributed by atoms with van der Waals surface area (Å²) in [6.07, 6.45) is 5.62. The minimum atomic E-state index is 0.223. The Balaban J connectivity index is 1.17. The molecule has 0 saturated carbocycles. The first-order chi connectivity index (χ1) is 18.6. The van der Waals surface area contributed by atoms with E-state index >= 15 is 0 Å². The Hall–Kier alpha value is -3.56. The molecule has 1 fully saturated rings. The third-order valence-corrected chi connectivity index (χ3v) is 8.08. The van der Waals surface area contributed by atoms with Crippen molar-refractivity contribution < 1.29 is 0 Å². The van der Waals surface area contributed by atoms with E-state index in [1.807, 2.05) is 42.7 Å². The monoisotopic (exact) mass is 579 g/mol. The van der Waals surface area contributed by atoms with E-state index in [1.54, 1.807) is 6.33 Å². The van der Waals surface area contributed by atoms with Crippen LogP contribution in [0.5, 0.6) is 0 Å². The predicted molar refractivity (Wildman–Crippen MR) is 149 cm³/mol. The number of likely N-dealkylation sites (tertiary alicyclic amines) is 1. The fourth-order valence-corrected chi connectivity index (χ4v) is 5.74. The van der Waals surface area contributed by atoms with E-state index in [4.69, 9.17) is 11.6 Å². The Kier molecular flexibility index (Phi) is 6.95. The quantitative estimate of drug-likeness (QED) is 0.222. The first kappa shape index (κ1) is 24.8. The number of hydrogen-bond donors (Lipinski definition) is 0. The number of pyridine rings is 1. The molecule has 0 spiro atoms. The van der Waals surface area contributed by atoms with Crippen molar-refractivity contribution in [2.24, 2.45) is 0 Å². The average molecular weight is 580 g/mol. The second-order valence-corrected chi connectivity index (χ2v) is 10.7. The van der Waals surface area contributed by atoms with Gasteiger partial charge in [0, 0.05) is 11.1 Å². The molecule has 0 N–H and O–H groups in total. The van der Waals surface area contributed by atoms with Gasteiger partial charge in [-0.05, 0) is 11.6 Å². The van der Waals surface area contributed by atoms with Crippen molar-refractivity contribution in [3.05, 3.63) is 89.6 Å². The van der Waals surface area contributed by atoms with Gasteiger partial charge >= 0.3 is 138 Å². The van der Waals surface area contributed by atoms with E-state index in [-0.39, 0.29) is 5.15 Å². The molecule has 7 nitrogen and oxygen atoms in total. The van der Waals surface area contributed by atoms with Gasteiger partial charge in [-0.2, -0.15) is 5.26 Å². The molecule has 9 heteroatoms. The van der Waals surface area contributed by atoms with Gasteiger partial charge < -0.3 is 0 Å². The molecule has 0 atom stereocenters. The summed E-state index contributed by atoms with van der Waals surface area (Å²) in [5.41, 5.74) is 7.05. The molecule has 0 amide bonds. The van der Waals surface area contributed by atoms with Crippen LogP contribution in [0.25, 0.3) is 33.5 Å². The third-order valence-electron chi connectivity index (χ3n) is 7.10. The molecule has 3 aromatic heterocycles. The summed E-state index contributed by atoms with van der Waals surface area (Å²) in [6, 6.07) is 22.9. The number of nitriles is 1. The van der Waals surface area contributed by atoms with Crippen LogP contribution in [-0.4, -0.2) is 59.3 Å². The topological polar surface area (TPSA) is 83.5 Å². The summed E-state index contributed by atoms with van der Waals surface area (Å²) < 4.78 is 3.07. The smallest absolute Gasteiger partial charge is 0.234 e. The van der Waals surface area contributed by atoms with Crippen molar-refractivity contribution in [1.82, 2.24) is 29.4 Å². The first-order valence-electron chi connectivity index (χ1n) is 12.4. The normalized spacial score (nSPS) is 14.6. The minimum absolute atomic E-state index is 0.223. The zero-order valence-corrected chi connectivity index (χ0v) is 23.1. The summed E-state index contributed by atoms with van der Waals surface area (Å²) >= 11 is 8.81. The van der Waals surface area contributed by atoms with Gasteiger partial charge in [-0.25, -0.2) is 4.98 Å². The van der Waals surface area contributed by atoms with E-state index in [1.165, 1.54) is 5.56 Å². The number of rotatable bonds is 5. The summed E-state index contributed by atoms with van der Waals surface area (Å²) in [4.78, 5) is 20.3. The summed E-state index contributed by atoms with van der Waals surface area (Å²) in [5.74, 6) is 0. The van der Waals surface area contributed by atoms with Crippen LogP contribution in [0.4, 0.5) is 0 Å². The maximum absolute atomic E-state index is 9.48. The number of halogens is 1. The first-order valence-corrected chi connectivity index (χ1v) is 13.8. The molecule has 6 rings (SSSR count). The van der Waals surface area contributed by atoms with Crippen molar-refractivity contribution >= 4 is 44.1 Å². The van der Waals surface area contributed by atoms with Crippen molar-refractivity contribution in [3.63, 3.8) is 0 Å². The van der Waals surface area contributed by atoms with Gasteiger partial charge in [0.1, 0.15) is 11.2 Å². The van der Waals surface area contributed by atoms with Crippen LogP contribution in [0.2, 0.25) is 5.15 Å². The molecule has 1 saturated heterocycles. The third kappa shape index (κ3) is 4.83. The fraction of sp³-hybridized carbons (Fsp3) is 0.207. The SMILES string of the molecule is N#Cc1cc(-c2ccccc2)c(-c2ccc(CN3CCC(n4cnc5c([As])ncnc54)CC3)cc2)nc1Cl. The van der Waals surface area contributed by atoms with E-state index in [0.717, 1.165) is 70.5 Å². The van der Waals surface area contributed by atoms with Gasteiger partial charge in [0.25, 0.3) is 0 Å². The molecule has 4 heterocycles. The van der Waals surface area contributed by atoms with Crippen LogP contribution in [0.1, 0.15) is 30.0 Å². The van der Waals surface area contributed by atoms with Gasteiger partial charge in [-0.3, -0.25) is 0 Å². The van der Waals surface area contributed by atoms with Crippen LogP contribution >= 0.6 is 11.6 Å². The number of hydrogen-bond acceptors (Lipinski definition) is 6. The second kappa shape index (κ2) is 10.7. The molecular weight excluding hydrogens is 557 g/mol. The van der Waals surface area contributed by atoms with Gasteiger partial charge in [0.2, 0.25) is 0 Å². The molecule has 2 aromatic carbocycles. The summed E-state index contributed by atoms with van der Waals surface area (Å²) in [6.45, 7) is 2.91. The molecule has 186 valence electrons. The standard InChI is InChI=1S/C29H23AsClN7/c30-27-26-29(34-17-33-27)38(18-35-26)23-10-12-37(13-11-23)16-19-6-8-21(9-7-19)25-24(20-4-2-1-3-5-20)14-22(15-32)28(31)36-25/h1-9,14,17-18,23H,10-13,16H2. The minimum Gasteiger partial charge on any atom is -0.234 e. The molecule has 1 aliphatic heterocycles. The fourth-order valence-electron chi connectivity index (χ4n) is 5.12. The van der Waals surface area contributed by atoms with Crippen molar-refractivity contribution in [2.45, 2.75) is 25.4 Å². The van der Waals surface area contributed by atoms with Crippen LogP contribution in [0, 0.1) is 11.3 Å². The van der Waals surface area contributed by atoms with E-state index in [2.05, 4.69) is 76.6 Å². The Morgan fingerprint density at radius 1 is 0.974 bits per heavy atom. The van der Waals surface area contributed by atoms with Crippen LogP contribution in [-0.2, 0) is 6.54 Å². The number of nitrogens with zero attached hydrogens (tertiary/aromatic N) is 7. The number of benzene rings is 2. The molecular formula is C29H23AsClN7. The molecule has 38 heavy (non-hydrogen) atoms. The molecule has 0 unspecified atom stereocenters. The summed E-state index contributed by atoms with van der Waals surface area (Å²) in [7, 11) is 0. The number of fused-ring (bicyclic) bond motifs is 1. The van der Waals surface area contributed by atoms with Crippen LogP contribution < -0.4 is 4.48 Å². The van der Waals surface area contributed by atoms with Gasteiger partial charge in [0.05, 0.1) is 11.3 Å². The Labute approximate surface area is 234 Å². The number of aromatic nitrogens is 5. The summed E-state index contributed by atoms with van der Waals surface area (Å²) in [5, 5.41) is 9.70. The van der Waals surface area contributed by atoms with E-state index < -0.39 is 0 Å². The second-order valence-electron chi connectivity index (χ2n) is 9.43. The molecule has 0 bridgehead atoms. The zero-order chi connectivity index (χ0) is 26.1. The van der Waals surface area contributed by atoms with Crippen LogP contribution in [0.15, 0.2) is 73.3 Å². The predicted octanol–water partition coefficient (Wildman–Crippen LogP) is 4.71. The molecule has 2 radical (unpaired) electrons. The maximum atomic E-state index is 9.48. The molecule has 0 aliphatic carbocycles. The molecule has 1 aliphatic rings. The molecule has 5 aromatic rings. The zero-order valence-electron chi connectivity index (χ0n) is 20.5. The van der Waals surface area contributed by atoms with Crippen molar-refractivity contribution in [1.29, 1.82) is 5.26 Å². The van der Waals surface area contributed by atoms with Gasteiger partial charge in [0.15, 0.2) is 0 Å². The van der Waals surface area contributed by atoms with E-state index in [0.29, 0.717) is 11.6 Å². The Morgan fingerprint density at radius 3 is 2.47 bits per heavy atom. The number of imidazole rings is 1. The van der Waals surface area contributed by atoms with Crippen molar-refractivity contribution in [3.8, 4) is 28.5 Å². The van der Waals surface area contributed by atoms with Gasteiger partial charge in [-0.15, -0.1) is 0 Å². The average Bonchev–Trinajstić information content (AvgIpc) is 3.40. The Bertz CT molecular complexity index is 1640. The number of piperidine rings is 1. The Morgan fingerprint density at radius 2 is 1.74 bits per heavy atom. The van der Waals surface area contributed by atoms with E-state index in [9.17, 15) is 5.26 Å². The van der Waals surface area contributed by atoms with Crippen molar-refractivity contribution in [2.75, 3.05) is 13.1 Å². The van der Waals surface area contributed by atoms with Gasteiger partial charge in [-0.1, -0.05) is 41.9 Å². The van der Waals surface area contributed by atoms with Crippen LogP contribution in [0.3, 0.4) is 0 Å².